The summed E-state index contributed by atoms with van der Waals surface area (Å²) in [7, 11) is 0. The lowest BCUT2D eigenvalue weighted by molar-refractivity contribution is -0.145. The topological polar surface area (TPSA) is 60.4 Å². The molecule has 0 fully saturated rings. The summed E-state index contributed by atoms with van der Waals surface area (Å²) < 4.78 is 4.64. The Labute approximate surface area is 102 Å². The molecule has 0 aliphatic rings. The van der Waals surface area contributed by atoms with Gasteiger partial charge in [0.25, 0.3) is 0 Å². The molecule has 0 saturated carbocycles. The van der Waals surface area contributed by atoms with Gasteiger partial charge in [0.15, 0.2) is 0 Å². The van der Waals surface area contributed by atoms with Crippen LogP contribution in [0.3, 0.4) is 0 Å². The van der Waals surface area contributed by atoms with Gasteiger partial charge < -0.3 is 4.74 Å². The van der Waals surface area contributed by atoms with Crippen molar-refractivity contribution in [2.45, 2.75) is 45.4 Å². The molecule has 0 bridgehead atoms. The summed E-state index contributed by atoms with van der Waals surface area (Å²) in [6.07, 6.45) is 3.93. The maximum Gasteiger partial charge on any atom is 0.313 e. The lowest BCUT2D eigenvalue weighted by Crippen LogP contribution is -2.12. The third-order valence-electron chi connectivity index (χ3n) is 2.19. The van der Waals surface area contributed by atoms with Gasteiger partial charge in [0.05, 0.1) is 6.61 Å². The van der Waals surface area contributed by atoms with Gasteiger partial charge >= 0.3 is 5.97 Å². The van der Waals surface area contributed by atoms with E-state index in [1.807, 2.05) is 0 Å². The van der Waals surface area contributed by atoms with Crippen molar-refractivity contribution in [3.63, 3.8) is 0 Å². The zero-order chi connectivity index (χ0) is 13.1. The minimum atomic E-state index is -0.517. The molecule has 4 nitrogen and oxygen atoms in total. The quantitative estimate of drug-likeness (QED) is 0.254. The molecule has 0 aliphatic carbocycles. The van der Waals surface area contributed by atoms with Crippen LogP contribution < -0.4 is 0 Å². The molecule has 0 aromatic carbocycles. The molecular formula is C13H20O4. The van der Waals surface area contributed by atoms with E-state index >= 15 is 0 Å². The number of carbonyl (C=O) groups excluding carboxylic acids is 3. The molecule has 17 heavy (non-hydrogen) atoms. The fourth-order valence-electron chi connectivity index (χ4n) is 1.31. The largest absolute Gasteiger partial charge is 0.466 e. The van der Waals surface area contributed by atoms with Crippen LogP contribution in [0.15, 0.2) is 12.7 Å². The summed E-state index contributed by atoms with van der Waals surface area (Å²) in [4.78, 5) is 33.6. The molecule has 0 amide bonds. The van der Waals surface area contributed by atoms with E-state index in [0.717, 1.165) is 12.8 Å². The van der Waals surface area contributed by atoms with Gasteiger partial charge in [-0.2, -0.15) is 0 Å². The van der Waals surface area contributed by atoms with E-state index in [9.17, 15) is 14.4 Å². The average Bonchev–Trinajstić information content (AvgIpc) is 2.27. The number of unbranched alkanes of at least 4 members (excludes halogenated alkanes) is 1. The lowest BCUT2D eigenvalue weighted by Gasteiger charge is -2.01. The van der Waals surface area contributed by atoms with E-state index in [1.54, 1.807) is 13.0 Å². The first-order valence-electron chi connectivity index (χ1n) is 5.90. The number of esters is 1. The Hall–Kier alpha value is -1.45. The van der Waals surface area contributed by atoms with Crippen molar-refractivity contribution in [1.82, 2.24) is 0 Å². The standard InChI is InChI=1S/C13H20O4/c1-3-5-6-7-11(14)8-9-12(15)10-13(16)17-4-2/h3H,1,4-10H2,2H3. The lowest BCUT2D eigenvalue weighted by atomic mass is 10.1. The fraction of sp³-hybridized carbons (Fsp3) is 0.615. The van der Waals surface area contributed by atoms with Crippen LogP contribution in [0.1, 0.15) is 45.4 Å². The summed E-state index contributed by atoms with van der Waals surface area (Å²) in [5.41, 5.74) is 0. The number of ether oxygens (including phenoxy) is 1. The van der Waals surface area contributed by atoms with Crippen LogP contribution in [-0.2, 0) is 19.1 Å². The van der Waals surface area contributed by atoms with Crippen molar-refractivity contribution in [2.24, 2.45) is 0 Å². The molecule has 96 valence electrons. The van der Waals surface area contributed by atoms with Crippen LogP contribution in [-0.4, -0.2) is 24.1 Å². The SMILES string of the molecule is C=CCCCC(=O)CCC(=O)CC(=O)OCC. The normalized spacial score (nSPS) is 9.71. The summed E-state index contributed by atoms with van der Waals surface area (Å²) in [6.45, 7) is 5.52. The van der Waals surface area contributed by atoms with Crippen molar-refractivity contribution < 1.29 is 19.1 Å². The zero-order valence-electron chi connectivity index (χ0n) is 10.4. The second-order valence-corrected chi connectivity index (χ2v) is 3.74. The van der Waals surface area contributed by atoms with Crippen molar-refractivity contribution in [3.8, 4) is 0 Å². The third kappa shape index (κ3) is 9.48. The van der Waals surface area contributed by atoms with Crippen molar-refractivity contribution in [2.75, 3.05) is 6.61 Å². The summed E-state index contributed by atoms with van der Waals surface area (Å²) in [5.74, 6) is -0.693. The van der Waals surface area contributed by atoms with Gasteiger partial charge in [-0.25, -0.2) is 0 Å². The minimum Gasteiger partial charge on any atom is -0.466 e. The summed E-state index contributed by atoms with van der Waals surface area (Å²) in [6, 6.07) is 0. The summed E-state index contributed by atoms with van der Waals surface area (Å²) in [5, 5.41) is 0. The Morgan fingerprint density at radius 3 is 2.35 bits per heavy atom. The molecule has 0 aromatic rings. The maximum absolute atomic E-state index is 11.3. The van der Waals surface area contributed by atoms with Crippen LogP contribution in [0, 0.1) is 0 Å². The number of Topliss-reactive ketones (excluding diaryl/α,β-unsaturated/α-hetero) is 2. The Balaban J connectivity index is 3.65. The predicted molar refractivity (Wildman–Crippen MR) is 64.5 cm³/mol. The Bertz CT molecular complexity index is 281. The van der Waals surface area contributed by atoms with Gasteiger partial charge in [0.1, 0.15) is 18.0 Å². The number of hydrogen-bond donors (Lipinski definition) is 0. The van der Waals surface area contributed by atoms with Gasteiger partial charge in [0, 0.05) is 19.3 Å². The van der Waals surface area contributed by atoms with E-state index in [4.69, 9.17) is 0 Å². The van der Waals surface area contributed by atoms with E-state index in [1.165, 1.54) is 0 Å². The van der Waals surface area contributed by atoms with E-state index in [2.05, 4.69) is 11.3 Å². The molecule has 4 heteroatoms. The second kappa shape index (κ2) is 9.75. The molecule has 0 aliphatic heterocycles. The Morgan fingerprint density at radius 1 is 1.12 bits per heavy atom. The molecule has 0 rings (SSSR count). The van der Waals surface area contributed by atoms with Crippen LogP contribution in [0.25, 0.3) is 0 Å². The number of ketones is 2. The number of allylic oxidation sites excluding steroid dienone is 1. The molecular weight excluding hydrogens is 220 g/mol. The van der Waals surface area contributed by atoms with Gasteiger partial charge in [-0.3, -0.25) is 14.4 Å². The number of hydrogen-bond acceptors (Lipinski definition) is 4. The Kier molecular flexibility index (Phi) is 8.92. The zero-order valence-corrected chi connectivity index (χ0v) is 10.4. The Morgan fingerprint density at radius 2 is 1.76 bits per heavy atom. The van der Waals surface area contributed by atoms with E-state index in [0.29, 0.717) is 6.42 Å². The van der Waals surface area contributed by atoms with Gasteiger partial charge in [-0.1, -0.05) is 6.08 Å². The fourth-order valence-corrected chi connectivity index (χ4v) is 1.31. The first kappa shape index (κ1) is 15.6. The average molecular weight is 240 g/mol. The van der Waals surface area contributed by atoms with Crippen LogP contribution in [0.2, 0.25) is 0 Å². The maximum atomic E-state index is 11.3. The minimum absolute atomic E-state index is 0.0593. The highest BCUT2D eigenvalue weighted by Crippen LogP contribution is 2.04. The first-order valence-corrected chi connectivity index (χ1v) is 5.90. The van der Waals surface area contributed by atoms with Gasteiger partial charge in [0.2, 0.25) is 0 Å². The van der Waals surface area contributed by atoms with Crippen molar-refractivity contribution in [1.29, 1.82) is 0 Å². The smallest absolute Gasteiger partial charge is 0.313 e. The molecule has 0 N–H and O–H groups in total. The van der Waals surface area contributed by atoms with Gasteiger partial charge in [-0.15, -0.1) is 6.58 Å². The first-order chi connectivity index (χ1) is 8.10. The summed E-state index contributed by atoms with van der Waals surface area (Å²) >= 11 is 0. The molecule has 0 spiro atoms. The molecule has 0 saturated heterocycles. The second-order valence-electron chi connectivity index (χ2n) is 3.74. The van der Waals surface area contributed by atoms with Crippen molar-refractivity contribution >= 4 is 17.5 Å². The third-order valence-corrected chi connectivity index (χ3v) is 2.19. The highest BCUT2D eigenvalue weighted by atomic mass is 16.5. The van der Waals surface area contributed by atoms with Gasteiger partial charge in [-0.05, 0) is 19.8 Å². The molecule has 0 unspecified atom stereocenters. The monoisotopic (exact) mass is 240 g/mol. The van der Waals surface area contributed by atoms with Crippen LogP contribution in [0.5, 0.6) is 0 Å². The molecule has 0 radical (unpaired) electrons. The molecule has 0 atom stereocenters. The van der Waals surface area contributed by atoms with Crippen molar-refractivity contribution in [3.05, 3.63) is 12.7 Å². The highest BCUT2D eigenvalue weighted by molar-refractivity contribution is 5.97. The highest BCUT2D eigenvalue weighted by Gasteiger charge is 2.11. The molecule has 0 aromatic heterocycles. The van der Waals surface area contributed by atoms with Crippen LogP contribution >= 0.6 is 0 Å². The molecule has 0 heterocycles. The van der Waals surface area contributed by atoms with E-state index in [-0.39, 0.29) is 37.4 Å². The number of rotatable bonds is 10. The predicted octanol–water partition coefficient (Wildman–Crippen LogP) is 2.21. The number of carbonyl (C=O) groups is 3. The van der Waals surface area contributed by atoms with Crippen LogP contribution in [0.4, 0.5) is 0 Å². The van der Waals surface area contributed by atoms with E-state index < -0.39 is 5.97 Å².